The molecule has 0 aliphatic heterocycles. The fraction of sp³-hybridized carbons (Fsp3) is 0.875. The van der Waals surface area contributed by atoms with Crippen LogP contribution in [0.25, 0.3) is 0 Å². The fourth-order valence-electron chi connectivity index (χ4n) is 2.59. The molecule has 0 aromatic heterocycles. The highest BCUT2D eigenvalue weighted by Gasteiger charge is 2.62. The van der Waals surface area contributed by atoms with Gasteiger partial charge in [0.05, 0.1) is 13.2 Å². The van der Waals surface area contributed by atoms with E-state index in [0.717, 1.165) is 19.3 Å². The molecule has 0 bridgehead atoms. The summed E-state index contributed by atoms with van der Waals surface area (Å²) in [4.78, 5) is 22.0. The molecule has 0 saturated carbocycles. The molecular formula is C16H30O8S. The molecule has 0 aliphatic rings. The molecule has 148 valence electrons. The average Bonchev–Trinajstić information content (AvgIpc) is 2.52. The molecule has 0 rings (SSSR count). The van der Waals surface area contributed by atoms with Gasteiger partial charge in [-0.1, -0.05) is 32.6 Å². The summed E-state index contributed by atoms with van der Waals surface area (Å²) in [5.74, 6) is -3.75. The van der Waals surface area contributed by atoms with Crippen molar-refractivity contribution in [2.24, 2.45) is 5.92 Å². The second kappa shape index (κ2) is 11.4. The molecule has 0 radical (unpaired) electrons. The van der Waals surface area contributed by atoms with E-state index in [0.29, 0.717) is 6.42 Å². The number of rotatable bonds is 13. The minimum atomic E-state index is -5.11. The van der Waals surface area contributed by atoms with Crippen molar-refractivity contribution in [2.45, 2.75) is 64.7 Å². The molecule has 1 N–H and O–H groups in total. The maximum atomic E-state index is 12.4. The Balaban J connectivity index is 6.01. The minimum absolute atomic E-state index is 0.000794. The molecule has 8 nitrogen and oxygen atoms in total. The average molecular weight is 382 g/mol. The molecule has 0 aliphatic carbocycles. The topological polar surface area (TPSA) is 116 Å². The lowest BCUT2D eigenvalue weighted by Gasteiger charge is -2.33. The maximum Gasteiger partial charge on any atom is 0.358 e. The number of carbonyl (C=O) groups excluding carboxylic acids is 2. The molecule has 0 aromatic rings. The van der Waals surface area contributed by atoms with Crippen molar-refractivity contribution in [3.05, 3.63) is 0 Å². The van der Waals surface area contributed by atoms with Crippen molar-refractivity contribution < 1.29 is 36.8 Å². The van der Waals surface area contributed by atoms with E-state index in [4.69, 9.17) is 14.2 Å². The van der Waals surface area contributed by atoms with Crippen LogP contribution in [0.3, 0.4) is 0 Å². The molecule has 9 heteroatoms. The maximum absolute atomic E-state index is 12.4. The summed E-state index contributed by atoms with van der Waals surface area (Å²) in [5.41, 5.74) is 0. The quantitative estimate of drug-likeness (QED) is 0.293. The van der Waals surface area contributed by atoms with Crippen LogP contribution >= 0.6 is 0 Å². The lowest BCUT2D eigenvalue weighted by Crippen LogP contribution is -2.58. The third-order valence-corrected chi connectivity index (χ3v) is 5.01. The zero-order chi connectivity index (χ0) is 19.5. The number of ether oxygens (including phenoxy) is 3. The lowest BCUT2D eigenvalue weighted by molar-refractivity contribution is -0.177. The molecule has 0 saturated heterocycles. The molecule has 2 atom stereocenters. The van der Waals surface area contributed by atoms with E-state index in [1.165, 1.54) is 13.8 Å². The van der Waals surface area contributed by atoms with Crippen molar-refractivity contribution in [1.29, 1.82) is 0 Å². The SMILES string of the molecule is CCCCCCC(C(=O)OCC)C(OCC)(C(=O)OCC)S(=O)(=O)O. The van der Waals surface area contributed by atoms with E-state index in [2.05, 4.69) is 0 Å². The molecule has 2 unspecified atom stereocenters. The Bertz CT molecular complexity index is 516. The van der Waals surface area contributed by atoms with Gasteiger partial charge in [-0.2, -0.15) is 8.42 Å². The summed E-state index contributed by atoms with van der Waals surface area (Å²) >= 11 is 0. The van der Waals surface area contributed by atoms with Gasteiger partial charge in [0.15, 0.2) is 0 Å². The van der Waals surface area contributed by atoms with Crippen LogP contribution in [-0.4, -0.2) is 49.7 Å². The van der Waals surface area contributed by atoms with Gasteiger partial charge in [0.2, 0.25) is 0 Å². The number of esters is 2. The van der Waals surface area contributed by atoms with Crippen LogP contribution in [0.2, 0.25) is 0 Å². The van der Waals surface area contributed by atoms with Crippen LogP contribution in [0, 0.1) is 5.92 Å². The van der Waals surface area contributed by atoms with E-state index in [1.54, 1.807) is 6.92 Å². The largest absolute Gasteiger partial charge is 0.466 e. The highest BCUT2D eigenvalue weighted by molar-refractivity contribution is 7.88. The first kappa shape index (κ1) is 23.8. The Kier molecular flexibility index (Phi) is 10.9. The van der Waals surface area contributed by atoms with Gasteiger partial charge in [0.25, 0.3) is 0 Å². The molecular weight excluding hydrogens is 352 g/mol. The van der Waals surface area contributed by atoms with E-state index in [1.807, 2.05) is 6.92 Å². The second-order valence-corrected chi connectivity index (χ2v) is 7.01. The standard InChI is InChI=1S/C16H30O8S/c1-5-9-10-11-12-13(14(17)22-6-2)16(24-8-4,25(19,20)21)15(18)23-7-3/h13H,5-12H2,1-4H3,(H,19,20,21). The van der Waals surface area contributed by atoms with Crippen molar-refractivity contribution in [3.63, 3.8) is 0 Å². The highest BCUT2D eigenvalue weighted by Crippen LogP contribution is 2.35. The molecule has 0 aromatic carbocycles. The number of hydrogen-bond donors (Lipinski definition) is 1. The molecule has 25 heavy (non-hydrogen) atoms. The van der Waals surface area contributed by atoms with Crippen molar-refractivity contribution in [3.8, 4) is 0 Å². The summed E-state index contributed by atoms with van der Waals surface area (Å²) in [6.45, 7) is 6.16. The number of unbranched alkanes of at least 4 members (excludes halogenated alkanes) is 3. The van der Waals surface area contributed by atoms with Crippen molar-refractivity contribution in [1.82, 2.24) is 0 Å². The van der Waals surface area contributed by atoms with Crippen LogP contribution < -0.4 is 0 Å². The second-order valence-electron chi connectivity index (χ2n) is 5.45. The molecule has 0 fully saturated rings. The van der Waals surface area contributed by atoms with Crippen molar-refractivity contribution in [2.75, 3.05) is 19.8 Å². The Hall–Kier alpha value is -1.19. The highest BCUT2D eigenvalue weighted by atomic mass is 32.2. The number of carbonyl (C=O) groups is 2. The zero-order valence-electron chi connectivity index (χ0n) is 15.4. The van der Waals surface area contributed by atoms with Gasteiger partial charge in [0.1, 0.15) is 5.92 Å². The lowest BCUT2D eigenvalue weighted by atomic mass is 9.94. The van der Waals surface area contributed by atoms with Gasteiger partial charge in [-0.05, 0) is 27.2 Å². The minimum Gasteiger partial charge on any atom is -0.466 e. The number of hydrogen-bond acceptors (Lipinski definition) is 7. The van der Waals surface area contributed by atoms with E-state index >= 15 is 0 Å². The monoisotopic (exact) mass is 382 g/mol. The summed E-state index contributed by atoms with van der Waals surface area (Å²) in [7, 11) is -5.11. The van der Waals surface area contributed by atoms with Crippen molar-refractivity contribution >= 4 is 22.1 Å². The van der Waals surface area contributed by atoms with Gasteiger partial charge >= 0.3 is 27.0 Å². The summed E-state index contributed by atoms with van der Waals surface area (Å²) in [6, 6.07) is 0. The van der Waals surface area contributed by atoms with Gasteiger partial charge in [-0.3, -0.25) is 9.35 Å². The van der Waals surface area contributed by atoms with E-state index < -0.39 is 32.9 Å². The predicted octanol–water partition coefficient (Wildman–Crippen LogP) is 2.32. The van der Waals surface area contributed by atoms with Crippen LogP contribution in [-0.2, 0) is 33.9 Å². The van der Waals surface area contributed by atoms with Gasteiger partial charge < -0.3 is 14.2 Å². The normalized spacial score (nSPS) is 15.2. The van der Waals surface area contributed by atoms with Crippen LogP contribution in [0.4, 0.5) is 0 Å². The van der Waals surface area contributed by atoms with Gasteiger partial charge in [-0.25, -0.2) is 4.79 Å². The van der Waals surface area contributed by atoms with E-state index in [-0.39, 0.29) is 26.2 Å². The smallest absolute Gasteiger partial charge is 0.358 e. The fourth-order valence-corrected chi connectivity index (χ4v) is 3.70. The molecule has 0 heterocycles. The molecule has 0 spiro atoms. The summed E-state index contributed by atoms with van der Waals surface area (Å²) < 4.78 is 49.0. The third kappa shape index (κ3) is 6.23. The van der Waals surface area contributed by atoms with Gasteiger partial charge in [0, 0.05) is 6.61 Å². The van der Waals surface area contributed by atoms with Crippen LogP contribution in [0.15, 0.2) is 0 Å². The van der Waals surface area contributed by atoms with Crippen LogP contribution in [0.1, 0.15) is 59.8 Å². The zero-order valence-corrected chi connectivity index (χ0v) is 16.3. The Morgan fingerprint density at radius 1 is 0.960 bits per heavy atom. The third-order valence-electron chi connectivity index (χ3n) is 3.68. The summed E-state index contributed by atoms with van der Waals surface area (Å²) in [5, 5.41) is 0. The van der Waals surface area contributed by atoms with E-state index in [9.17, 15) is 22.6 Å². The van der Waals surface area contributed by atoms with Crippen LogP contribution in [0.5, 0.6) is 0 Å². The summed E-state index contributed by atoms with van der Waals surface area (Å²) in [6.07, 6.45) is 3.06. The first-order valence-corrected chi connectivity index (χ1v) is 10.1. The Morgan fingerprint density at radius 2 is 1.56 bits per heavy atom. The Labute approximate surface area is 150 Å². The molecule has 0 amide bonds. The first-order valence-electron chi connectivity index (χ1n) is 8.67. The first-order chi connectivity index (χ1) is 11.7. The predicted molar refractivity (Wildman–Crippen MR) is 91.4 cm³/mol. The van der Waals surface area contributed by atoms with Gasteiger partial charge in [-0.15, -0.1) is 0 Å². The Morgan fingerprint density at radius 3 is 2.00 bits per heavy atom.